The molecule has 26 heavy (non-hydrogen) atoms. The average molecular weight is 375 g/mol. The van der Waals surface area contributed by atoms with Gasteiger partial charge in [-0.25, -0.2) is 13.4 Å². The number of aryl methyl sites for hydroxylation is 2. The Morgan fingerprint density at radius 2 is 1.73 bits per heavy atom. The van der Waals surface area contributed by atoms with Crippen LogP contribution >= 0.6 is 0 Å². The quantitative estimate of drug-likeness (QED) is 0.778. The van der Waals surface area contributed by atoms with E-state index < -0.39 is 22.0 Å². The molecule has 2 rings (SSSR count). The molecule has 2 aromatic rings. The Labute approximate surface area is 155 Å². The SMILES string of the molecule is Cc1ccc(S(=O)(=O)NC(CC(C)C)C(=O)Nc2cc(C)ccn2)cc1. The van der Waals surface area contributed by atoms with E-state index in [0.717, 1.165) is 11.1 Å². The Bertz CT molecular complexity index is 862. The maximum Gasteiger partial charge on any atom is 0.243 e. The fraction of sp³-hybridized carbons (Fsp3) is 0.368. The topological polar surface area (TPSA) is 88.2 Å². The van der Waals surface area contributed by atoms with Crippen molar-refractivity contribution in [2.24, 2.45) is 5.92 Å². The molecule has 6 nitrogen and oxygen atoms in total. The maximum atomic E-state index is 12.6. The van der Waals surface area contributed by atoms with Crippen LogP contribution in [0.25, 0.3) is 0 Å². The van der Waals surface area contributed by atoms with Crippen molar-refractivity contribution in [1.82, 2.24) is 9.71 Å². The third-order valence-corrected chi connectivity index (χ3v) is 5.31. The minimum atomic E-state index is -3.80. The summed E-state index contributed by atoms with van der Waals surface area (Å²) in [5.41, 5.74) is 1.92. The lowest BCUT2D eigenvalue weighted by Crippen LogP contribution is -2.44. The van der Waals surface area contributed by atoms with Gasteiger partial charge in [0.25, 0.3) is 0 Å². The van der Waals surface area contributed by atoms with Gasteiger partial charge in [0, 0.05) is 6.20 Å². The zero-order chi connectivity index (χ0) is 19.3. The number of carbonyl (C=O) groups is 1. The van der Waals surface area contributed by atoms with E-state index in [1.54, 1.807) is 24.4 Å². The molecule has 0 fully saturated rings. The molecule has 140 valence electrons. The molecular weight excluding hydrogens is 350 g/mol. The van der Waals surface area contributed by atoms with Crippen LogP contribution in [0.1, 0.15) is 31.4 Å². The van der Waals surface area contributed by atoms with Crippen LogP contribution in [0.4, 0.5) is 5.82 Å². The molecule has 1 unspecified atom stereocenters. The summed E-state index contributed by atoms with van der Waals surface area (Å²) in [6.07, 6.45) is 1.97. The number of rotatable bonds is 7. The lowest BCUT2D eigenvalue weighted by molar-refractivity contribution is -0.118. The molecule has 0 bridgehead atoms. The number of nitrogens with one attached hydrogen (secondary N) is 2. The highest BCUT2D eigenvalue weighted by Gasteiger charge is 2.26. The summed E-state index contributed by atoms with van der Waals surface area (Å²) in [5, 5.41) is 2.69. The van der Waals surface area contributed by atoms with Crippen molar-refractivity contribution in [2.75, 3.05) is 5.32 Å². The zero-order valence-electron chi connectivity index (χ0n) is 15.5. The minimum absolute atomic E-state index is 0.136. The predicted molar refractivity (Wildman–Crippen MR) is 102 cm³/mol. The normalized spacial score (nSPS) is 12.8. The van der Waals surface area contributed by atoms with E-state index in [2.05, 4.69) is 15.0 Å². The molecule has 0 aliphatic heterocycles. The first-order valence-corrected chi connectivity index (χ1v) is 9.98. The van der Waals surface area contributed by atoms with E-state index in [0.29, 0.717) is 12.2 Å². The third kappa shape index (κ3) is 5.64. The number of amides is 1. The van der Waals surface area contributed by atoms with Crippen molar-refractivity contribution in [3.05, 3.63) is 53.7 Å². The summed E-state index contributed by atoms with van der Waals surface area (Å²) in [7, 11) is -3.80. The lowest BCUT2D eigenvalue weighted by Gasteiger charge is -2.20. The van der Waals surface area contributed by atoms with E-state index in [1.807, 2.05) is 33.8 Å². The number of carbonyl (C=O) groups excluding carboxylic acids is 1. The molecule has 1 heterocycles. The van der Waals surface area contributed by atoms with Gasteiger partial charge in [0.2, 0.25) is 15.9 Å². The highest BCUT2D eigenvalue weighted by molar-refractivity contribution is 7.89. The van der Waals surface area contributed by atoms with E-state index in [1.165, 1.54) is 12.1 Å². The Balaban J connectivity index is 2.20. The van der Waals surface area contributed by atoms with Crippen LogP contribution in [0.2, 0.25) is 0 Å². The molecule has 1 atom stereocenters. The number of hydrogen-bond acceptors (Lipinski definition) is 4. The van der Waals surface area contributed by atoms with Crippen molar-refractivity contribution >= 4 is 21.7 Å². The molecule has 2 N–H and O–H groups in total. The number of sulfonamides is 1. The van der Waals surface area contributed by atoms with Crippen molar-refractivity contribution in [3.63, 3.8) is 0 Å². The Morgan fingerprint density at radius 3 is 2.31 bits per heavy atom. The van der Waals surface area contributed by atoms with E-state index in [4.69, 9.17) is 0 Å². The summed E-state index contributed by atoms with van der Waals surface area (Å²) >= 11 is 0. The Hall–Kier alpha value is -2.25. The van der Waals surface area contributed by atoms with Gasteiger partial charge >= 0.3 is 0 Å². The van der Waals surface area contributed by atoms with Crippen LogP contribution in [0.5, 0.6) is 0 Å². The van der Waals surface area contributed by atoms with Crippen LogP contribution in [0, 0.1) is 19.8 Å². The van der Waals surface area contributed by atoms with Gasteiger partial charge in [0.15, 0.2) is 0 Å². The second-order valence-electron chi connectivity index (χ2n) is 6.82. The molecule has 7 heteroatoms. The van der Waals surface area contributed by atoms with Crippen molar-refractivity contribution < 1.29 is 13.2 Å². The molecule has 0 spiro atoms. The third-order valence-electron chi connectivity index (χ3n) is 3.82. The molecule has 0 aliphatic carbocycles. The highest BCUT2D eigenvalue weighted by Crippen LogP contribution is 2.15. The van der Waals surface area contributed by atoms with Gasteiger partial charge in [0.05, 0.1) is 4.90 Å². The predicted octanol–water partition coefficient (Wildman–Crippen LogP) is 3.03. The molecule has 1 aromatic carbocycles. The first-order chi connectivity index (χ1) is 12.2. The van der Waals surface area contributed by atoms with Crippen molar-refractivity contribution in [1.29, 1.82) is 0 Å². The molecule has 0 saturated carbocycles. The number of nitrogens with zero attached hydrogens (tertiary/aromatic N) is 1. The van der Waals surface area contributed by atoms with Gasteiger partial charge in [-0.1, -0.05) is 31.5 Å². The van der Waals surface area contributed by atoms with Gasteiger partial charge in [-0.3, -0.25) is 4.79 Å². The van der Waals surface area contributed by atoms with Crippen LogP contribution in [-0.2, 0) is 14.8 Å². The largest absolute Gasteiger partial charge is 0.309 e. The maximum absolute atomic E-state index is 12.6. The second kappa shape index (κ2) is 8.42. The Kier molecular flexibility index (Phi) is 6.50. The molecule has 0 aliphatic rings. The van der Waals surface area contributed by atoms with Crippen LogP contribution in [0.15, 0.2) is 47.5 Å². The number of hydrogen-bond donors (Lipinski definition) is 2. The lowest BCUT2D eigenvalue weighted by atomic mass is 10.0. The monoisotopic (exact) mass is 375 g/mol. The van der Waals surface area contributed by atoms with E-state index in [9.17, 15) is 13.2 Å². The summed E-state index contributed by atoms with van der Waals surface area (Å²) in [5.74, 6) is 0.114. The van der Waals surface area contributed by atoms with Gasteiger partial charge in [-0.2, -0.15) is 4.72 Å². The van der Waals surface area contributed by atoms with Gasteiger partial charge in [0.1, 0.15) is 11.9 Å². The summed E-state index contributed by atoms with van der Waals surface area (Å²) in [6, 6.07) is 9.18. The zero-order valence-corrected chi connectivity index (χ0v) is 16.3. The molecule has 0 saturated heterocycles. The van der Waals surface area contributed by atoms with Crippen LogP contribution < -0.4 is 10.0 Å². The average Bonchev–Trinajstić information content (AvgIpc) is 2.54. The second-order valence-corrected chi connectivity index (χ2v) is 8.54. The number of pyridine rings is 1. The minimum Gasteiger partial charge on any atom is -0.309 e. The smallest absolute Gasteiger partial charge is 0.243 e. The summed E-state index contributed by atoms with van der Waals surface area (Å²) < 4.78 is 27.8. The number of aromatic nitrogens is 1. The van der Waals surface area contributed by atoms with Gasteiger partial charge in [-0.15, -0.1) is 0 Å². The van der Waals surface area contributed by atoms with Crippen molar-refractivity contribution in [2.45, 2.75) is 45.1 Å². The number of anilines is 1. The van der Waals surface area contributed by atoms with Gasteiger partial charge in [-0.05, 0) is 56.0 Å². The first-order valence-electron chi connectivity index (χ1n) is 8.50. The summed E-state index contributed by atoms with van der Waals surface area (Å²) in [6.45, 7) is 7.65. The summed E-state index contributed by atoms with van der Waals surface area (Å²) in [4.78, 5) is 16.9. The fourth-order valence-electron chi connectivity index (χ4n) is 2.47. The fourth-order valence-corrected chi connectivity index (χ4v) is 3.68. The standard InChI is InChI=1S/C19H25N3O3S/c1-13(2)11-17(19(23)21-18-12-15(4)9-10-20-18)22-26(24,25)16-7-5-14(3)6-8-16/h5-10,12-13,17,22H,11H2,1-4H3,(H,20,21,23). The first kappa shape index (κ1) is 20.1. The number of benzene rings is 1. The van der Waals surface area contributed by atoms with E-state index in [-0.39, 0.29) is 10.8 Å². The van der Waals surface area contributed by atoms with Crippen molar-refractivity contribution in [3.8, 4) is 0 Å². The van der Waals surface area contributed by atoms with Gasteiger partial charge < -0.3 is 5.32 Å². The molecule has 1 aromatic heterocycles. The molecular formula is C19H25N3O3S. The molecule has 1 amide bonds. The highest BCUT2D eigenvalue weighted by atomic mass is 32.2. The molecule has 0 radical (unpaired) electrons. The van der Waals surface area contributed by atoms with E-state index >= 15 is 0 Å². The Morgan fingerprint density at radius 1 is 1.08 bits per heavy atom. The van der Waals surface area contributed by atoms with Crippen LogP contribution in [0.3, 0.4) is 0 Å². The van der Waals surface area contributed by atoms with Crippen LogP contribution in [-0.4, -0.2) is 25.4 Å².